The minimum absolute atomic E-state index is 0.842. The molecule has 140 valence electrons. The molecule has 0 saturated carbocycles. The second kappa shape index (κ2) is 10.4. The second-order valence-electron chi connectivity index (χ2n) is 6.86. The highest BCUT2D eigenvalue weighted by Gasteiger charge is 2.44. The lowest BCUT2D eigenvalue weighted by molar-refractivity contribution is 0.132. The fourth-order valence-corrected chi connectivity index (χ4v) is 7.95. The van der Waals surface area contributed by atoms with Crippen molar-refractivity contribution < 1.29 is 4.74 Å². The first-order valence-electron chi connectivity index (χ1n) is 10.0. The van der Waals surface area contributed by atoms with E-state index < -0.39 is 7.26 Å². The lowest BCUT2D eigenvalue weighted by Gasteiger charge is -2.27. The number of unbranched alkanes of at least 4 members (excludes halogenated alkanes) is 1. The van der Waals surface area contributed by atoms with Gasteiger partial charge in [0.25, 0.3) is 0 Å². The Morgan fingerprint density at radius 3 is 1.41 bits per heavy atom. The lowest BCUT2D eigenvalue weighted by atomic mass is 10.3. The molecule has 0 heterocycles. The Balaban J connectivity index is 1.98. The molecule has 0 amide bonds. The zero-order chi connectivity index (χ0) is 18.8. The van der Waals surface area contributed by atoms with E-state index in [2.05, 4.69) is 97.9 Å². The zero-order valence-corrected chi connectivity index (χ0v) is 17.2. The maximum atomic E-state index is 5.89. The number of ether oxygens (including phenoxy) is 1. The van der Waals surface area contributed by atoms with Crippen molar-refractivity contribution in [2.45, 2.75) is 26.2 Å². The van der Waals surface area contributed by atoms with Crippen LogP contribution in [0.3, 0.4) is 0 Å². The van der Waals surface area contributed by atoms with Crippen molar-refractivity contribution in [2.24, 2.45) is 0 Å². The summed E-state index contributed by atoms with van der Waals surface area (Å²) in [5.41, 5.74) is 0. The summed E-state index contributed by atoms with van der Waals surface area (Å²) in [6.45, 7) is 3.93. The minimum atomic E-state index is -1.69. The third-order valence-corrected chi connectivity index (χ3v) is 9.54. The quantitative estimate of drug-likeness (QED) is 0.349. The van der Waals surface area contributed by atoms with Gasteiger partial charge in [0.1, 0.15) is 23.2 Å². The van der Waals surface area contributed by atoms with Gasteiger partial charge in [0, 0.05) is 13.0 Å². The van der Waals surface area contributed by atoms with Crippen LogP contribution in [0.1, 0.15) is 26.2 Å². The molecule has 3 aromatic rings. The van der Waals surface area contributed by atoms with Crippen molar-refractivity contribution in [1.82, 2.24) is 0 Å². The van der Waals surface area contributed by atoms with Gasteiger partial charge in [-0.25, -0.2) is 0 Å². The Morgan fingerprint density at radius 2 is 1.00 bits per heavy atom. The first-order valence-corrected chi connectivity index (χ1v) is 12.0. The highest BCUT2D eigenvalue weighted by atomic mass is 31.2. The molecule has 0 N–H and O–H groups in total. The van der Waals surface area contributed by atoms with Gasteiger partial charge in [-0.2, -0.15) is 0 Å². The Labute approximate surface area is 164 Å². The Hall–Kier alpha value is -1.95. The molecule has 3 rings (SSSR count). The summed E-state index contributed by atoms with van der Waals surface area (Å²) in [5, 5.41) is 4.36. The number of hydrogen-bond acceptors (Lipinski definition) is 1. The number of benzene rings is 3. The summed E-state index contributed by atoms with van der Waals surface area (Å²) in [7, 11) is -1.69. The van der Waals surface area contributed by atoms with Crippen LogP contribution < -0.4 is 15.9 Å². The van der Waals surface area contributed by atoms with Crippen LogP contribution >= 0.6 is 7.26 Å². The van der Waals surface area contributed by atoms with Crippen LogP contribution in [0.2, 0.25) is 0 Å². The van der Waals surface area contributed by atoms with Gasteiger partial charge in [0.05, 0.1) is 12.8 Å². The summed E-state index contributed by atoms with van der Waals surface area (Å²) in [5.74, 6) is 0. The first kappa shape index (κ1) is 19.8. The van der Waals surface area contributed by atoms with Crippen molar-refractivity contribution in [3.05, 3.63) is 91.0 Å². The van der Waals surface area contributed by atoms with E-state index in [1.807, 2.05) is 0 Å². The van der Waals surface area contributed by atoms with Crippen molar-refractivity contribution in [3.63, 3.8) is 0 Å². The molecule has 2 heteroatoms. The Bertz CT molecular complexity index is 675. The molecular weight excluding hydrogens is 347 g/mol. The lowest BCUT2D eigenvalue weighted by Crippen LogP contribution is -2.33. The molecule has 0 bridgehead atoms. The van der Waals surface area contributed by atoms with Gasteiger partial charge in [-0.3, -0.25) is 0 Å². The van der Waals surface area contributed by atoms with E-state index in [1.165, 1.54) is 22.3 Å². The van der Waals surface area contributed by atoms with Crippen LogP contribution in [0.15, 0.2) is 91.0 Å². The number of hydrogen-bond donors (Lipinski definition) is 0. The average Bonchev–Trinajstić information content (AvgIpc) is 2.75. The molecule has 3 aromatic carbocycles. The van der Waals surface area contributed by atoms with Crippen molar-refractivity contribution in [2.75, 3.05) is 19.4 Å². The predicted octanol–water partition coefficient (Wildman–Crippen LogP) is 5.19. The van der Waals surface area contributed by atoms with E-state index in [4.69, 9.17) is 4.74 Å². The van der Waals surface area contributed by atoms with Gasteiger partial charge < -0.3 is 4.74 Å². The molecule has 0 spiro atoms. The molecular formula is C25H30OP+. The Kier molecular flexibility index (Phi) is 7.63. The molecule has 0 saturated heterocycles. The van der Waals surface area contributed by atoms with Crippen molar-refractivity contribution >= 4 is 23.2 Å². The van der Waals surface area contributed by atoms with Crippen LogP contribution in [0, 0.1) is 0 Å². The zero-order valence-electron chi connectivity index (χ0n) is 16.3. The van der Waals surface area contributed by atoms with Crippen LogP contribution in [0.4, 0.5) is 0 Å². The van der Waals surface area contributed by atoms with E-state index >= 15 is 0 Å². The maximum absolute atomic E-state index is 5.89. The van der Waals surface area contributed by atoms with E-state index in [0.29, 0.717) is 0 Å². The third kappa shape index (κ3) is 4.86. The summed E-state index contributed by atoms with van der Waals surface area (Å²) in [4.78, 5) is 0. The predicted molar refractivity (Wildman–Crippen MR) is 120 cm³/mol. The summed E-state index contributed by atoms with van der Waals surface area (Å²) < 4.78 is 5.89. The molecule has 0 unspecified atom stereocenters. The van der Waals surface area contributed by atoms with Crippen LogP contribution in [0.25, 0.3) is 0 Å². The molecule has 0 aliphatic carbocycles. The van der Waals surface area contributed by atoms with Gasteiger partial charge in [0.15, 0.2) is 0 Å². The fourth-order valence-electron chi connectivity index (χ4n) is 3.63. The molecule has 0 fully saturated rings. The topological polar surface area (TPSA) is 9.23 Å². The highest BCUT2D eigenvalue weighted by molar-refractivity contribution is 7.95. The Morgan fingerprint density at radius 1 is 0.593 bits per heavy atom. The standard InChI is InChI=1S/C25H30OP/c1-2-3-20-26-21-13-22-27(23-14-7-4-8-15-23,24-16-9-5-10-17-24)25-18-11-6-12-19-25/h4-12,14-19H,2-3,13,20-22H2,1H3/q+1. The molecule has 1 nitrogen and oxygen atoms in total. The van der Waals surface area contributed by atoms with Gasteiger partial charge in [-0.15, -0.1) is 0 Å². The fraction of sp³-hybridized carbons (Fsp3) is 0.280. The summed E-state index contributed by atoms with van der Waals surface area (Å²) >= 11 is 0. The van der Waals surface area contributed by atoms with Crippen LogP contribution in [0.5, 0.6) is 0 Å². The SMILES string of the molecule is CCCCOCCC[P+](c1ccccc1)(c1ccccc1)c1ccccc1. The van der Waals surface area contributed by atoms with E-state index in [9.17, 15) is 0 Å². The van der Waals surface area contributed by atoms with E-state index in [0.717, 1.165) is 32.2 Å². The van der Waals surface area contributed by atoms with Gasteiger partial charge in [0.2, 0.25) is 0 Å². The van der Waals surface area contributed by atoms with Gasteiger partial charge >= 0.3 is 0 Å². The van der Waals surface area contributed by atoms with Crippen LogP contribution in [-0.4, -0.2) is 19.4 Å². The van der Waals surface area contributed by atoms with Crippen molar-refractivity contribution in [3.8, 4) is 0 Å². The molecule has 0 radical (unpaired) electrons. The third-order valence-electron chi connectivity index (χ3n) is 5.02. The molecule has 27 heavy (non-hydrogen) atoms. The van der Waals surface area contributed by atoms with E-state index in [1.54, 1.807) is 0 Å². The van der Waals surface area contributed by atoms with Gasteiger partial charge in [-0.05, 0) is 42.8 Å². The molecule has 0 atom stereocenters. The summed E-state index contributed by atoms with van der Waals surface area (Å²) in [6.07, 6.45) is 4.55. The summed E-state index contributed by atoms with van der Waals surface area (Å²) in [6, 6.07) is 33.3. The van der Waals surface area contributed by atoms with Crippen LogP contribution in [-0.2, 0) is 4.74 Å². The molecule has 0 aliphatic rings. The van der Waals surface area contributed by atoms with Gasteiger partial charge in [-0.1, -0.05) is 67.9 Å². The van der Waals surface area contributed by atoms with E-state index in [-0.39, 0.29) is 0 Å². The van der Waals surface area contributed by atoms with Crippen molar-refractivity contribution in [1.29, 1.82) is 0 Å². The molecule has 0 aromatic heterocycles. The maximum Gasteiger partial charge on any atom is 0.112 e. The monoisotopic (exact) mass is 377 g/mol. The largest absolute Gasteiger partial charge is 0.381 e. The molecule has 0 aliphatic heterocycles. The first-order chi connectivity index (χ1) is 13.4. The smallest absolute Gasteiger partial charge is 0.112 e. The second-order valence-corrected chi connectivity index (χ2v) is 10.5. The average molecular weight is 377 g/mol. The normalized spacial score (nSPS) is 11.4. The minimum Gasteiger partial charge on any atom is -0.381 e. The number of rotatable bonds is 10. The highest BCUT2D eigenvalue weighted by Crippen LogP contribution is 2.55.